The summed E-state index contributed by atoms with van der Waals surface area (Å²) in [6.07, 6.45) is 3.09. The third-order valence-electron chi connectivity index (χ3n) is 6.52. The summed E-state index contributed by atoms with van der Waals surface area (Å²) in [6.45, 7) is 5.38. The Kier molecular flexibility index (Phi) is 6.06. The van der Waals surface area contributed by atoms with Crippen LogP contribution in [-0.4, -0.2) is 81.9 Å². The summed E-state index contributed by atoms with van der Waals surface area (Å²) in [5.41, 5.74) is 3.20. The first-order chi connectivity index (χ1) is 16.7. The Labute approximate surface area is 201 Å². The lowest BCUT2D eigenvalue weighted by Crippen LogP contribution is -2.48. The van der Waals surface area contributed by atoms with E-state index < -0.39 is 12.0 Å². The van der Waals surface area contributed by atoms with Crippen LogP contribution in [0.2, 0.25) is 0 Å². The van der Waals surface area contributed by atoms with Gasteiger partial charge in [0.1, 0.15) is 16.9 Å². The van der Waals surface area contributed by atoms with Gasteiger partial charge in [-0.1, -0.05) is 0 Å². The highest BCUT2D eigenvalue weighted by molar-refractivity contribution is 6.09. The van der Waals surface area contributed by atoms with Crippen molar-refractivity contribution in [3.05, 3.63) is 47.4 Å². The first-order valence-corrected chi connectivity index (χ1v) is 11.6. The van der Waals surface area contributed by atoms with Crippen LogP contribution < -0.4 is 15.0 Å². The van der Waals surface area contributed by atoms with Crippen LogP contribution in [0.15, 0.2) is 30.7 Å². The van der Waals surface area contributed by atoms with Crippen molar-refractivity contribution >= 4 is 22.9 Å². The highest BCUT2D eigenvalue weighted by Crippen LogP contribution is 2.42. The van der Waals surface area contributed by atoms with E-state index in [2.05, 4.69) is 20.3 Å². The number of anilines is 2. The number of aryl methyl sites for hydroxylation is 1. The van der Waals surface area contributed by atoms with E-state index in [0.29, 0.717) is 55.2 Å². The number of ether oxygens (including phenoxy) is 1. The zero-order valence-electron chi connectivity index (χ0n) is 19.7. The fourth-order valence-corrected chi connectivity index (χ4v) is 4.69. The van der Waals surface area contributed by atoms with Gasteiger partial charge in [0.25, 0.3) is 12.3 Å². The SMILES string of the molecule is Cc1cnc2c(C(=O)Nc3cc4c(cc3N3CCN(CC(F)F)CC3)O[C@](C)(CO)C4)cnn2c1. The Morgan fingerprint density at radius 2 is 2.03 bits per heavy atom. The van der Waals surface area contributed by atoms with Crippen LogP contribution in [0, 0.1) is 6.92 Å². The molecule has 0 spiro atoms. The minimum atomic E-state index is -2.37. The Balaban J connectivity index is 1.45. The molecular weight excluding hydrogens is 458 g/mol. The normalized spacial score (nSPS) is 20.3. The van der Waals surface area contributed by atoms with Gasteiger partial charge in [-0.25, -0.2) is 18.3 Å². The number of hydrogen-bond donors (Lipinski definition) is 2. The van der Waals surface area contributed by atoms with Gasteiger partial charge < -0.3 is 20.1 Å². The standard InChI is InChI=1S/C24H28F2N6O3/c1-15-10-27-22-17(11-28-32(22)12-15)23(34)29-18-7-16-9-24(2,14-33)35-20(16)8-19(18)31-5-3-30(4-6-31)13-21(25)26/h7-8,10-12,21,33H,3-6,9,13-14H2,1-2H3,(H,29,34)/t24-/m0/s1. The molecule has 2 aliphatic heterocycles. The number of fused-ring (bicyclic) bond motifs is 2. The minimum Gasteiger partial charge on any atom is -0.484 e. The fraction of sp³-hybridized carbons (Fsp3) is 0.458. The smallest absolute Gasteiger partial charge is 0.261 e. The summed E-state index contributed by atoms with van der Waals surface area (Å²) in [5, 5.41) is 17.0. The van der Waals surface area contributed by atoms with Crippen molar-refractivity contribution in [2.45, 2.75) is 32.3 Å². The van der Waals surface area contributed by atoms with Gasteiger partial charge in [0.2, 0.25) is 0 Å². The average molecular weight is 487 g/mol. The van der Waals surface area contributed by atoms with Crippen LogP contribution in [0.25, 0.3) is 5.65 Å². The van der Waals surface area contributed by atoms with E-state index in [4.69, 9.17) is 4.74 Å². The number of carbonyl (C=O) groups is 1. The molecular formula is C24H28F2N6O3. The monoisotopic (exact) mass is 486 g/mol. The largest absolute Gasteiger partial charge is 0.484 e. The van der Waals surface area contributed by atoms with Crippen LogP contribution >= 0.6 is 0 Å². The quantitative estimate of drug-likeness (QED) is 0.552. The van der Waals surface area contributed by atoms with Crippen LogP contribution in [0.5, 0.6) is 5.75 Å². The number of benzene rings is 1. The topological polar surface area (TPSA) is 95.2 Å². The van der Waals surface area contributed by atoms with E-state index in [1.807, 2.05) is 26.0 Å². The molecule has 9 nitrogen and oxygen atoms in total. The zero-order valence-corrected chi connectivity index (χ0v) is 19.7. The molecule has 1 saturated heterocycles. The lowest BCUT2D eigenvalue weighted by atomic mass is 9.99. The number of aliphatic hydroxyl groups excluding tert-OH is 1. The van der Waals surface area contributed by atoms with E-state index in [1.165, 1.54) is 6.20 Å². The number of piperazine rings is 1. The van der Waals surface area contributed by atoms with Gasteiger partial charge >= 0.3 is 0 Å². The molecule has 11 heteroatoms. The molecule has 5 rings (SSSR count). The second-order valence-corrected chi connectivity index (χ2v) is 9.45. The number of carbonyl (C=O) groups excluding carboxylic acids is 1. The van der Waals surface area contributed by atoms with Crippen LogP contribution in [0.4, 0.5) is 20.2 Å². The van der Waals surface area contributed by atoms with Crippen molar-refractivity contribution in [3.8, 4) is 5.75 Å². The molecule has 3 aromatic rings. The Hall–Kier alpha value is -3.31. The van der Waals surface area contributed by atoms with Gasteiger partial charge in [0.05, 0.1) is 30.7 Å². The third-order valence-corrected chi connectivity index (χ3v) is 6.52. The highest BCUT2D eigenvalue weighted by atomic mass is 19.3. The predicted octanol–water partition coefficient (Wildman–Crippen LogP) is 2.36. The van der Waals surface area contributed by atoms with Gasteiger partial charge in [-0.15, -0.1) is 0 Å². The second kappa shape index (κ2) is 9.04. The maximum absolute atomic E-state index is 13.3. The van der Waals surface area contributed by atoms with Crippen LogP contribution in [-0.2, 0) is 6.42 Å². The minimum absolute atomic E-state index is 0.140. The Bertz CT molecular complexity index is 1260. The van der Waals surface area contributed by atoms with E-state index >= 15 is 0 Å². The van der Waals surface area contributed by atoms with Crippen molar-refractivity contribution < 1.29 is 23.4 Å². The molecule has 0 saturated carbocycles. The summed E-state index contributed by atoms with van der Waals surface area (Å²) >= 11 is 0. The summed E-state index contributed by atoms with van der Waals surface area (Å²) in [7, 11) is 0. The van der Waals surface area contributed by atoms with Crippen molar-refractivity contribution in [1.29, 1.82) is 0 Å². The molecule has 2 aromatic heterocycles. The zero-order chi connectivity index (χ0) is 24.7. The van der Waals surface area contributed by atoms with Gasteiger partial charge in [0.15, 0.2) is 5.65 Å². The molecule has 35 heavy (non-hydrogen) atoms. The lowest BCUT2D eigenvalue weighted by molar-refractivity contribution is 0.0447. The molecule has 1 aromatic carbocycles. The number of aromatic nitrogens is 3. The van der Waals surface area contributed by atoms with Gasteiger partial charge in [-0.05, 0) is 25.5 Å². The summed E-state index contributed by atoms with van der Waals surface area (Å²) in [4.78, 5) is 21.4. The summed E-state index contributed by atoms with van der Waals surface area (Å²) in [5.74, 6) is 0.301. The van der Waals surface area contributed by atoms with E-state index in [1.54, 1.807) is 21.8 Å². The number of amides is 1. The van der Waals surface area contributed by atoms with Crippen LogP contribution in [0.3, 0.4) is 0 Å². The first-order valence-electron chi connectivity index (χ1n) is 11.6. The molecule has 0 bridgehead atoms. The molecule has 0 aliphatic carbocycles. The fourth-order valence-electron chi connectivity index (χ4n) is 4.69. The van der Waals surface area contributed by atoms with E-state index in [9.17, 15) is 18.7 Å². The number of nitrogens with zero attached hydrogens (tertiary/aromatic N) is 5. The van der Waals surface area contributed by atoms with Crippen molar-refractivity contribution in [2.24, 2.45) is 0 Å². The number of halogens is 2. The molecule has 186 valence electrons. The molecule has 1 atom stereocenters. The number of nitrogens with one attached hydrogen (secondary N) is 1. The maximum Gasteiger partial charge on any atom is 0.261 e. The number of hydrogen-bond acceptors (Lipinski definition) is 7. The summed E-state index contributed by atoms with van der Waals surface area (Å²) in [6, 6.07) is 3.74. The number of aliphatic hydroxyl groups is 1. The maximum atomic E-state index is 13.3. The van der Waals surface area contributed by atoms with Gasteiger partial charge in [-0.2, -0.15) is 5.10 Å². The first kappa shape index (κ1) is 23.4. The molecule has 1 amide bonds. The van der Waals surface area contributed by atoms with Crippen molar-refractivity contribution in [1.82, 2.24) is 19.5 Å². The molecule has 4 heterocycles. The Morgan fingerprint density at radius 3 is 2.74 bits per heavy atom. The van der Waals surface area contributed by atoms with Gasteiger partial charge in [0, 0.05) is 56.6 Å². The number of rotatable bonds is 6. The molecule has 1 fully saturated rings. The van der Waals surface area contributed by atoms with E-state index in [0.717, 1.165) is 16.8 Å². The molecule has 2 N–H and O–H groups in total. The third kappa shape index (κ3) is 4.65. The van der Waals surface area contributed by atoms with Crippen LogP contribution in [0.1, 0.15) is 28.4 Å². The predicted molar refractivity (Wildman–Crippen MR) is 127 cm³/mol. The molecule has 2 aliphatic rings. The van der Waals surface area contributed by atoms with Gasteiger partial charge in [-0.3, -0.25) is 9.69 Å². The van der Waals surface area contributed by atoms with Crippen molar-refractivity contribution in [2.75, 3.05) is 49.5 Å². The molecule has 0 radical (unpaired) electrons. The Morgan fingerprint density at radius 1 is 1.26 bits per heavy atom. The average Bonchev–Trinajstić information content (AvgIpc) is 3.38. The molecule has 0 unspecified atom stereocenters. The van der Waals surface area contributed by atoms with E-state index in [-0.39, 0.29) is 19.1 Å². The highest BCUT2D eigenvalue weighted by Gasteiger charge is 2.36. The second-order valence-electron chi connectivity index (χ2n) is 9.45. The lowest BCUT2D eigenvalue weighted by Gasteiger charge is -2.37. The summed E-state index contributed by atoms with van der Waals surface area (Å²) < 4.78 is 33.2. The van der Waals surface area contributed by atoms with Crippen molar-refractivity contribution in [3.63, 3.8) is 0 Å². The number of alkyl halides is 2.